The van der Waals surface area contributed by atoms with Crippen molar-refractivity contribution in [3.05, 3.63) is 24.3 Å². The highest BCUT2D eigenvalue weighted by molar-refractivity contribution is 5.92. The van der Waals surface area contributed by atoms with Crippen LogP contribution in [0.15, 0.2) is 24.3 Å². The van der Waals surface area contributed by atoms with E-state index in [1.807, 2.05) is 4.90 Å². The van der Waals surface area contributed by atoms with Gasteiger partial charge in [0, 0.05) is 44.5 Å². The lowest BCUT2D eigenvalue weighted by molar-refractivity contribution is -0.129. The van der Waals surface area contributed by atoms with E-state index in [9.17, 15) is 9.59 Å². The summed E-state index contributed by atoms with van der Waals surface area (Å²) in [7, 11) is 1.79. The topological polar surface area (TPSA) is 78.7 Å². The highest BCUT2D eigenvalue weighted by atomic mass is 16.2. The van der Waals surface area contributed by atoms with Crippen LogP contribution in [-0.2, 0) is 9.59 Å². The van der Waals surface area contributed by atoms with E-state index in [0.717, 1.165) is 12.2 Å². The van der Waals surface area contributed by atoms with Gasteiger partial charge in [0.15, 0.2) is 0 Å². The number of benzene rings is 1. The maximum atomic E-state index is 12.0. The standard InChI is InChI=1S/C14H20N4O2/c1-17-8-9-18(7-6-14(17)20)10-13(19)16-12-4-2-11(15)3-5-12/h2-5H,6-10,15H2,1H3,(H,16,19). The first-order valence-corrected chi connectivity index (χ1v) is 6.66. The molecule has 1 saturated heterocycles. The largest absolute Gasteiger partial charge is 0.399 e. The molecule has 0 saturated carbocycles. The van der Waals surface area contributed by atoms with Gasteiger partial charge in [-0.1, -0.05) is 0 Å². The molecule has 0 aliphatic carbocycles. The van der Waals surface area contributed by atoms with Gasteiger partial charge in [-0.2, -0.15) is 0 Å². The fourth-order valence-corrected chi connectivity index (χ4v) is 2.10. The van der Waals surface area contributed by atoms with Crippen molar-refractivity contribution in [2.45, 2.75) is 6.42 Å². The Morgan fingerprint density at radius 3 is 2.65 bits per heavy atom. The molecule has 108 valence electrons. The molecular weight excluding hydrogens is 256 g/mol. The van der Waals surface area contributed by atoms with Gasteiger partial charge >= 0.3 is 0 Å². The summed E-state index contributed by atoms with van der Waals surface area (Å²) in [6.45, 7) is 2.30. The van der Waals surface area contributed by atoms with Gasteiger partial charge in [0.25, 0.3) is 0 Å². The van der Waals surface area contributed by atoms with E-state index in [0.29, 0.717) is 31.7 Å². The quantitative estimate of drug-likeness (QED) is 0.782. The van der Waals surface area contributed by atoms with Gasteiger partial charge in [-0.15, -0.1) is 0 Å². The van der Waals surface area contributed by atoms with Crippen molar-refractivity contribution < 1.29 is 9.59 Å². The van der Waals surface area contributed by atoms with Crippen LogP contribution in [0.25, 0.3) is 0 Å². The van der Waals surface area contributed by atoms with Gasteiger partial charge in [0.05, 0.1) is 6.54 Å². The molecule has 2 amide bonds. The Morgan fingerprint density at radius 1 is 1.25 bits per heavy atom. The summed E-state index contributed by atoms with van der Waals surface area (Å²) in [6.07, 6.45) is 0.464. The molecule has 1 aromatic carbocycles. The van der Waals surface area contributed by atoms with Gasteiger partial charge < -0.3 is 16.0 Å². The van der Waals surface area contributed by atoms with E-state index in [2.05, 4.69) is 5.32 Å². The molecule has 3 N–H and O–H groups in total. The molecule has 0 atom stereocenters. The molecule has 6 heteroatoms. The number of hydrogen-bond donors (Lipinski definition) is 2. The third-order valence-corrected chi connectivity index (χ3v) is 3.38. The Balaban J connectivity index is 1.85. The number of hydrogen-bond acceptors (Lipinski definition) is 4. The highest BCUT2D eigenvalue weighted by Crippen LogP contribution is 2.10. The molecule has 2 rings (SSSR count). The monoisotopic (exact) mass is 276 g/mol. The molecule has 0 spiro atoms. The van der Waals surface area contributed by atoms with Crippen molar-refractivity contribution in [1.82, 2.24) is 9.80 Å². The summed E-state index contributed by atoms with van der Waals surface area (Å²) in [5.74, 6) is 0.0539. The third kappa shape index (κ3) is 3.96. The smallest absolute Gasteiger partial charge is 0.238 e. The van der Waals surface area contributed by atoms with Crippen molar-refractivity contribution in [3.63, 3.8) is 0 Å². The minimum atomic E-state index is -0.0771. The molecule has 1 heterocycles. The van der Waals surface area contributed by atoms with Crippen LogP contribution in [0, 0.1) is 0 Å². The summed E-state index contributed by atoms with van der Waals surface area (Å²) < 4.78 is 0. The molecule has 20 heavy (non-hydrogen) atoms. The van der Waals surface area contributed by atoms with Crippen molar-refractivity contribution in [2.75, 3.05) is 44.3 Å². The Morgan fingerprint density at radius 2 is 1.95 bits per heavy atom. The maximum Gasteiger partial charge on any atom is 0.238 e. The van der Waals surface area contributed by atoms with Gasteiger partial charge in [-0.25, -0.2) is 0 Å². The van der Waals surface area contributed by atoms with Crippen molar-refractivity contribution in [1.29, 1.82) is 0 Å². The minimum absolute atomic E-state index is 0.0771. The Hall–Kier alpha value is -2.08. The second kappa shape index (κ2) is 6.38. The molecule has 1 aliphatic heterocycles. The molecule has 1 fully saturated rings. The van der Waals surface area contributed by atoms with Crippen molar-refractivity contribution in [3.8, 4) is 0 Å². The highest BCUT2D eigenvalue weighted by Gasteiger charge is 2.19. The molecular formula is C14H20N4O2. The van der Waals surface area contributed by atoms with Gasteiger partial charge in [0.1, 0.15) is 0 Å². The van der Waals surface area contributed by atoms with Crippen LogP contribution in [0.2, 0.25) is 0 Å². The number of rotatable bonds is 3. The van der Waals surface area contributed by atoms with E-state index >= 15 is 0 Å². The number of anilines is 2. The Bertz CT molecular complexity index is 486. The zero-order valence-corrected chi connectivity index (χ0v) is 11.6. The SMILES string of the molecule is CN1CCN(CC(=O)Nc2ccc(N)cc2)CCC1=O. The molecule has 1 aromatic rings. The summed E-state index contributed by atoms with van der Waals surface area (Å²) in [6, 6.07) is 7.03. The first-order chi connectivity index (χ1) is 9.54. The Kier molecular flexibility index (Phi) is 4.57. The van der Waals surface area contributed by atoms with Crippen LogP contribution in [0.1, 0.15) is 6.42 Å². The van der Waals surface area contributed by atoms with Crippen LogP contribution in [0.3, 0.4) is 0 Å². The van der Waals surface area contributed by atoms with E-state index < -0.39 is 0 Å². The van der Waals surface area contributed by atoms with Gasteiger partial charge in [0.2, 0.25) is 11.8 Å². The lowest BCUT2D eigenvalue weighted by Gasteiger charge is -2.19. The van der Waals surface area contributed by atoms with E-state index in [4.69, 9.17) is 5.73 Å². The normalized spacial score (nSPS) is 16.9. The van der Waals surface area contributed by atoms with Crippen LogP contribution < -0.4 is 11.1 Å². The molecule has 0 aromatic heterocycles. The van der Waals surface area contributed by atoms with E-state index in [1.54, 1.807) is 36.2 Å². The summed E-state index contributed by atoms with van der Waals surface area (Å²) >= 11 is 0. The average molecular weight is 276 g/mol. The second-order valence-corrected chi connectivity index (χ2v) is 5.01. The Labute approximate surface area is 118 Å². The number of nitrogens with zero attached hydrogens (tertiary/aromatic N) is 2. The molecule has 0 unspecified atom stereocenters. The number of amides is 2. The van der Waals surface area contributed by atoms with Gasteiger partial charge in [-0.3, -0.25) is 14.5 Å². The minimum Gasteiger partial charge on any atom is -0.399 e. The van der Waals surface area contributed by atoms with Crippen molar-refractivity contribution >= 4 is 23.2 Å². The van der Waals surface area contributed by atoms with Crippen LogP contribution >= 0.6 is 0 Å². The second-order valence-electron chi connectivity index (χ2n) is 5.01. The summed E-state index contributed by atoms with van der Waals surface area (Å²) in [5.41, 5.74) is 6.99. The third-order valence-electron chi connectivity index (χ3n) is 3.38. The molecule has 0 bridgehead atoms. The van der Waals surface area contributed by atoms with Crippen LogP contribution in [0.4, 0.5) is 11.4 Å². The van der Waals surface area contributed by atoms with E-state index in [-0.39, 0.29) is 11.8 Å². The van der Waals surface area contributed by atoms with Crippen molar-refractivity contribution in [2.24, 2.45) is 0 Å². The number of nitrogens with one attached hydrogen (secondary N) is 1. The first-order valence-electron chi connectivity index (χ1n) is 6.66. The maximum absolute atomic E-state index is 12.0. The fourth-order valence-electron chi connectivity index (χ4n) is 2.10. The number of carbonyl (C=O) groups is 2. The number of likely N-dealkylation sites (N-methyl/N-ethyl adjacent to an activating group) is 1. The van der Waals surface area contributed by atoms with Crippen LogP contribution in [0.5, 0.6) is 0 Å². The predicted octanol–water partition coefficient (Wildman–Crippen LogP) is 0.371. The summed E-state index contributed by atoms with van der Waals surface area (Å²) in [5, 5.41) is 2.82. The molecule has 1 aliphatic rings. The number of carbonyl (C=O) groups excluding carboxylic acids is 2. The number of nitrogen functional groups attached to an aromatic ring is 1. The first kappa shape index (κ1) is 14.3. The number of nitrogens with two attached hydrogens (primary N) is 1. The molecule has 0 radical (unpaired) electrons. The zero-order chi connectivity index (χ0) is 14.5. The van der Waals surface area contributed by atoms with Gasteiger partial charge in [-0.05, 0) is 24.3 Å². The lowest BCUT2D eigenvalue weighted by Crippen LogP contribution is -2.36. The summed E-state index contributed by atoms with van der Waals surface area (Å²) in [4.78, 5) is 27.2. The van der Waals surface area contributed by atoms with E-state index in [1.165, 1.54) is 0 Å². The zero-order valence-electron chi connectivity index (χ0n) is 11.6. The predicted molar refractivity (Wildman–Crippen MR) is 78.2 cm³/mol. The van der Waals surface area contributed by atoms with Crippen LogP contribution in [-0.4, -0.2) is 54.8 Å². The average Bonchev–Trinajstić information content (AvgIpc) is 2.57. The lowest BCUT2D eigenvalue weighted by atomic mass is 10.3. The fraction of sp³-hybridized carbons (Fsp3) is 0.429. The molecule has 6 nitrogen and oxygen atoms in total.